The minimum Gasteiger partial charge on any atom is -0.438 e. The molecule has 0 N–H and O–H groups in total. The van der Waals surface area contributed by atoms with Gasteiger partial charge >= 0.3 is 0 Å². The average Bonchev–Trinajstić information content (AvgIpc) is 2.11. The number of rotatable bonds is 1. The van der Waals surface area contributed by atoms with Crippen molar-refractivity contribution in [1.29, 1.82) is 0 Å². The molecule has 0 bridgehead atoms. The van der Waals surface area contributed by atoms with Gasteiger partial charge in [0.25, 0.3) is 13.9 Å². The predicted octanol–water partition coefficient (Wildman–Crippen LogP) is 1.36. The van der Waals surface area contributed by atoms with E-state index < -0.39 is 9.05 Å². The van der Waals surface area contributed by atoms with Crippen LogP contribution in [0.15, 0.2) is 20.5 Å². The summed E-state index contributed by atoms with van der Waals surface area (Å²) in [5, 5.41) is -0.291. The third kappa shape index (κ3) is 1.71. The van der Waals surface area contributed by atoms with Crippen molar-refractivity contribution in [2.75, 3.05) is 0 Å². The summed E-state index contributed by atoms with van der Waals surface area (Å²) < 4.78 is 25.5. The number of nitrogens with zero attached hydrogens (tertiary/aromatic N) is 1. The van der Waals surface area contributed by atoms with Gasteiger partial charge in [0.15, 0.2) is 0 Å². The van der Waals surface area contributed by atoms with E-state index in [1.54, 1.807) is 0 Å². The smallest absolute Gasteiger partial charge is 0.281 e. The Balaban J connectivity index is 3.21. The molecule has 0 aromatic carbocycles. The highest BCUT2D eigenvalue weighted by molar-refractivity contribution is 9.10. The van der Waals surface area contributed by atoms with E-state index >= 15 is 0 Å². The van der Waals surface area contributed by atoms with Gasteiger partial charge in [0.05, 0.1) is 0 Å². The minimum absolute atomic E-state index is 0.0896. The van der Waals surface area contributed by atoms with Crippen molar-refractivity contribution in [2.24, 2.45) is 0 Å². The van der Waals surface area contributed by atoms with E-state index in [2.05, 4.69) is 25.3 Å². The van der Waals surface area contributed by atoms with Gasteiger partial charge in [-0.15, -0.1) is 0 Å². The van der Waals surface area contributed by atoms with E-state index in [-0.39, 0.29) is 9.83 Å². The first-order valence-electron chi connectivity index (χ1n) is 2.06. The predicted molar refractivity (Wildman–Crippen MR) is 37.2 cm³/mol. The quantitative estimate of drug-likeness (QED) is 0.702. The molecule has 0 aliphatic heterocycles. The van der Waals surface area contributed by atoms with E-state index in [0.717, 1.165) is 6.26 Å². The highest BCUT2D eigenvalue weighted by Gasteiger charge is 2.14. The molecule has 7 heteroatoms. The Hall–Kier alpha value is -0.0700. The zero-order valence-electron chi connectivity index (χ0n) is 4.41. The van der Waals surface area contributed by atoms with Crippen molar-refractivity contribution < 1.29 is 12.8 Å². The van der Waals surface area contributed by atoms with Crippen LogP contribution in [0.3, 0.4) is 0 Å². The molecule has 1 rings (SSSR count). The first-order valence-corrected chi connectivity index (χ1v) is 5.16. The molecule has 1 aromatic heterocycles. The van der Waals surface area contributed by atoms with Crippen molar-refractivity contribution in [2.45, 2.75) is 5.03 Å². The van der Waals surface area contributed by atoms with Gasteiger partial charge in [-0.05, 0) is 0 Å². The third-order valence-electron chi connectivity index (χ3n) is 0.705. The maximum atomic E-state index is 10.5. The summed E-state index contributed by atoms with van der Waals surface area (Å²) in [5.41, 5.74) is 0. The Morgan fingerprint density at radius 2 is 2.30 bits per heavy atom. The van der Waals surface area contributed by atoms with E-state index in [1.165, 1.54) is 0 Å². The van der Waals surface area contributed by atoms with Crippen molar-refractivity contribution in [3.8, 4) is 0 Å². The lowest BCUT2D eigenvalue weighted by molar-refractivity contribution is 0.526. The fourth-order valence-electron chi connectivity index (χ4n) is 0.350. The molecule has 1 aromatic rings. The second-order valence-corrected chi connectivity index (χ2v) is 4.57. The molecular formula is C3HBrClNO3S. The van der Waals surface area contributed by atoms with Crippen LogP contribution in [0.25, 0.3) is 0 Å². The van der Waals surface area contributed by atoms with Gasteiger partial charge in [0, 0.05) is 26.6 Å². The molecule has 0 fully saturated rings. The Bertz CT molecular complexity index is 331. The van der Waals surface area contributed by atoms with Crippen LogP contribution in [0.5, 0.6) is 0 Å². The molecule has 0 saturated heterocycles. The molecule has 4 nitrogen and oxygen atoms in total. The standard InChI is InChI=1S/C3HBrClNO3S/c4-3-6-2(1-9-3)10(5,7)8/h1H. The molecule has 56 valence electrons. The fourth-order valence-corrected chi connectivity index (χ4v) is 1.32. The lowest BCUT2D eigenvalue weighted by Crippen LogP contribution is -1.88. The number of hydrogen-bond donors (Lipinski definition) is 0. The summed E-state index contributed by atoms with van der Waals surface area (Å²) in [6, 6.07) is 0. The van der Waals surface area contributed by atoms with E-state index in [4.69, 9.17) is 10.7 Å². The SMILES string of the molecule is O=S(=O)(Cl)c1coc(Br)n1. The second kappa shape index (κ2) is 2.52. The van der Waals surface area contributed by atoms with Crippen LogP contribution in [-0.2, 0) is 9.05 Å². The van der Waals surface area contributed by atoms with Crippen LogP contribution >= 0.6 is 26.6 Å². The average molecular weight is 246 g/mol. The minimum atomic E-state index is -3.74. The maximum absolute atomic E-state index is 10.5. The van der Waals surface area contributed by atoms with Crippen LogP contribution in [-0.4, -0.2) is 13.4 Å². The van der Waals surface area contributed by atoms with E-state index in [0.29, 0.717) is 0 Å². The summed E-state index contributed by atoms with van der Waals surface area (Å²) >= 11 is 2.82. The zero-order chi connectivity index (χ0) is 7.78. The maximum Gasteiger partial charge on any atom is 0.281 e. The Morgan fingerprint density at radius 3 is 2.50 bits per heavy atom. The van der Waals surface area contributed by atoms with Gasteiger partial charge in [-0.3, -0.25) is 0 Å². The van der Waals surface area contributed by atoms with Crippen molar-refractivity contribution in [3.63, 3.8) is 0 Å². The molecule has 0 atom stereocenters. The molecule has 0 saturated carbocycles. The van der Waals surface area contributed by atoms with Gasteiger partial charge < -0.3 is 4.42 Å². The molecule has 0 unspecified atom stereocenters. The summed E-state index contributed by atoms with van der Waals surface area (Å²) in [7, 11) is 1.16. The summed E-state index contributed by atoms with van der Waals surface area (Å²) in [4.78, 5) is 3.50. The number of aromatic nitrogens is 1. The van der Waals surface area contributed by atoms with E-state index in [9.17, 15) is 8.42 Å². The number of halogens is 2. The van der Waals surface area contributed by atoms with E-state index in [1.807, 2.05) is 0 Å². The highest BCUT2D eigenvalue weighted by atomic mass is 79.9. The molecule has 0 aliphatic carbocycles. The first kappa shape index (κ1) is 8.03. The second-order valence-electron chi connectivity index (χ2n) is 1.38. The topological polar surface area (TPSA) is 60.2 Å². The molecule has 1 heterocycles. The summed E-state index contributed by atoms with van der Waals surface area (Å²) in [5.74, 6) is 0. The van der Waals surface area contributed by atoms with Crippen LogP contribution < -0.4 is 0 Å². The van der Waals surface area contributed by atoms with Crippen molar-refractivity contribution in [3.05, 3.63) is 11.1 Å². The Morgan fingerprint density at radius 1 is 1.70 bits per heavy atom. The van der Waals surface area contributed by atoms with Crippen LogP contribution in [0.1, 0.15) is 0 Å². The van der Waals surface area contributed by atoms with Gasteiger partial charge in [-0.1, -0.05) is 0 Å². The lowest BCUT2D eigenvalue weighted by atomic mass is 11.0. The molecule has 0 amide bonds. The van der Waals surface area contributed by atoms with Crippen LogP contribution in [0.2, 0.25) is 0 Å². The molecular weight excluding hydrogens is 245 g/mol. The molecule has 0 aliphatic rings. The Kier molecular flexibility index (Phi) is 2.02. The third-order valence-corrected chi connectivity index (χ3v) is 2.23. The van der Waals surface area contributed by atoms with Crippen molar-refractivity contribution in [1.82, 2.24) is 4.98 Å². The summed E-state index contributed by atoms with van der Waals surface area (Å²) in [6.07, 6.45) is 0.951. The lowest BCUT2D eigenvalue weighted by Gasteiger charge is -1.80. The Labute approximate surface area is 69.7 Å². The van der Waals surface area contributed by atoms with Gasteiger partial charge in [-0.25, -0.2) is 8.42 Å². The fraction of sp³-hybridized carbons (Fsp3) is 0. The molecule has 10 heavy (non-hydrogen) atoms. The first-order chi connectivity index (χ1) is 4.50. The molecule has 0 radical (unpaired) electrons. The van der Waals surface area contributed by atoms with Crippen molar-refractivity contribution >= 4 is 35.7 Å². The zero-order valence-corrected chi connectivity index (χ0v) is 7.57. The monoisotopic (exact) mass is 245 g/mol. The van der Waals surface area contributed by atoms with Crippen LogP contribution in [0, 0.1) is 0 Å². The highest BCUT2D eigenvalue weighted by Crippen LogP contribution is 2.16. The van der Waals surface area contributed by atoms with Gasteiger partial charge in [0.1, 0.15) is 6.26 Å². The number of hydrogen-bond acceptors (Lipinski definition) is 4. The van der Waals surface area contributed by atoms with Gasteiger partial charge in [-0.2, -0.15) is 4.98 Å². The van der Waals surface area contributed by atoms with Gasteiger partial charge in [0.2, 0.25) is 5.03 Å². The largest absolute Gasteiger partial charge is 0.438 e. The number of oxazole rings is 1. The summed E-state index contributed by atoms with van der Waals surface area (Å²) in [6.45, 7) is 0. The van der Waals surface area contributed by atoms with Crippen LogP contribution in [0.4, 0.5) is 0 Å². The molecule has 0 spiro atoms. The normalized spacial score (nSPS) is 11.8.